The van der Waals surface area contributed by atoms with Crippen molar-refractivity contribution in [1.82, 2.24) is 0 Å². The molecule has 19 heavy (non-hydrogen) atoms. The molecule has 100 valence electrons. The van der Waals surface area contributed by atoms with Gasteiger partial charge in [0.05, 0.1) is 0 Å². The van der Waals surface area contributed by atoms with E-state index in [1.54, 1.807) is 0 Å². The van der Waals surface area contributed by atoms with Gasteiger partial charge in [0.1, 0.15) is 0 Å². The molecule has 1 aliphatic carbocycles. The van der Waals surface area contributed by atoms with Crippen LogP contribution >= 0.6 is 0 Å². The number of benzene rings is 1. The van der Waals surface area contributed by atoms with Gasteiger partial charge in [0.15, 0.2) is 5.71 Å². The van der Waals surface area contributed by atoms with Gasteiger partial charge in [-0.1, -0.05) is 41.9 Å². The first kappa shape index (κ1) is 12.1. The first-order chi connectivity index (χ1) is 9.23. The molecule has 0 aromatic heterocycles. The molecule has 1 atom stereocenters. The second-order valence-electron chi connectivity index (χ2n) is 5.25. The number of nitrogens with zero attached hydrogens (tertiary/aromatic N) is 2. The number of nitro groups is 1. The first-order valence-corrected chi connectivity index (χ1v) is 6.68. The highest BCUT2D eigenvalue weighted by atomic mass is 16.7. The SMILES string of the molecule is O=[N+]([O-])C1C(c2ccccc2)=NOC12CCCCC2. The van der Waals surface area contributed by atoms with Crippen LogP contribution in [0.2, 0.25) is 0 Å². The maximum absolute atomic E-state index is 11.5. The molecule has 1 aromatic carbocycles. The van der Waals surface area contributed by atoms with Gasteiger partial charge in [0.2, 0.25) is 5.60 Å². The van der Waals surface area contributed by atoms with Gasteiger partial charge in [0.25, 0.3) is 6.04 Å². The molecule has 0 saturated heterocycles. The Kier molecular flexibility index (Phi) is 2.97. The molecule has 2 aliphatic rings. The molecular weight excluding hydrogens is 244 g/mol. The summed E-state index contributed by atoms with van der Waals surface area (Å²) in [7, 11) is 0. The molecule has 1 unspecified atom stereocenters. The van der Waals surface area contributed by atoms with Gasteiger partial charge in [-0.2, -0.15) is 0 Å². The molecule has 1 spiro atoms. The first-order valence-electron chi connectivity index (χ1n) is 6.68. The number of oxime groups is 1. The summed E-state index contributed by atoms with van der Waals surface area (Å²) in [4.78, 5) is 16.8. The Hall–Kier alpha value is -1.91. The van der Waals surface area contributed by atoms with Gasteiger partial charge in [-0.15, -0.1) is 0 Å². The quantitative estimate of drug-likeness (QED) is 0.606. The van der Waals surface area contributed by atoms with E-state index >= 15 is 0 Å². The van der Waals surface area contributed by atoms with E-state index in [0.717, 1.165) is 37.7 Å². The van der Waals surface area contributed by atoms with Crippen LogP contribution in [0.4, 0.5) is 0 Å². The zero-order chi connectivity index (χ0) is 13.3. The average molecular weight is 260 g/mol. The summed E-state index contributed by atoms with van der Waals surface area (Å²) < 4.78 is 0. The monoisotopic (exact) mass is 260 g/mol. The Morgan fingerprint density at radius 2 is 1.89 bits per heavy atom. The lowest BCUT2D eigenvalue weighted by molar-refractivity contribution is -0.523. The van der Waals surface area contributed by atoms with Crippen LogP contribution in [0.25, 0.3) is 0 Å². The van der Waals surface area contributed by atoms with Crippen LogP contribution in [0.1, 0.15) is 37.7 Å². The van der Waals surface area contributed by atoms with Gasteiger partial charge in [-0.25, -0.2) is 0 Å². The zero-order valence-electron chi connectivity index (χ0n) is 10.6. The van der Waals surface area contributed by atoms with E-state index in [4.69, 9.17) is 4.84 Å². The molecule has 0 N–H and O–H groups in total. The fourth-order valence-corrected chi connectivity index (χ4v) is 3.12. The summed E-state index contributed by atoms with van der Waals surface area (Å²) in [5.41, 5.74) is 0.534. The predicted octanol–water partition coefficient (Wildman–Crippen LogP) is 2.77. The Bertz CT molecular complexity index is 507. The van der Waals surface area contributed by atoms with Crippen LogP contribution in [0.5, 0.6) is 0 Å². The molecule has 1 saturated carbocycles. The number of hydrogen-bond donors (Lipinski definition) is 0. The van der Waals surface area contributed by atoms with E-state index in [-0.39, 0.29) is 4.92 Å². The van der Waals surface area contributed by atoms with Crippen LogP contribution in [-0.4, -0.2) is 22.3 Å². The highest BCUT2D eigenvalue weighted by molar-refractivity contribution is 6.05. The summed E-state index contributed by atoms with van der Waals surface area (Å²) in [5.74, 6) is 0. The average Bonchev–Trinajstić information content (AvgIpc) is 2.80. The second kappa shape index (κ2) is 4.64. The number of hydrogen-bond acceptors (Lipinski definition) is 4. The molecule has 5 heteroatoms. The van der Waals surface area contributed by atoms with E-state index in [9.17, 15) is 10.1 Å². The molecule has 1 fully saturated rings. The maximum Gasteiger partial charge on any atom is 0.299 e. The molecular formula is C14H16N2O3. The Morgan fingerprint density at radius 1 is 1.21 bits per heavy atom. The topological polar surface area (TPSA) is 64.7 Å². The molecule has 1 aromatic rings. The molecule has 0 bridgehead atoms. The van der Waals surface area contributed by atoms with Gasteiger partial charge in [-0.05, 0) is 25.7 Å². The second-order valence-corrected chi connectivity index (χ2v) is 5.25. The van der Waals surface area contributed by atoms with Crippen LogP contribution < -0.4 is 0 Å². The fourth-order valence-electron chi connectivity index (χ4n) is 3.12. The van der Waals surface area contributed by atoms with E-state index in [1.807, 2.05) is 30.3 Å². The highest BCUT2D eigenvalue weighted by Gasteiger charge is 2.57. The smallest absolute Gasteiger partial charge is 0.299 e. The van der Waals surface area contributed by atoms with Gasteiger partial charge < -0.3 is 4.84 Å². The van der Waals surface area contributed by atoms with Crippen molar-refractivity contribution in [2.45, 2.75) is 43.7 Å². The van der Waals surface area contributed by atoms with E-state index in [0.29, 0.717) is 5.71 Å². The van der Waals surface area contributed by atoms with E-state index < -0.39 is 11.6 Å². The molecule has 1 heterocycles. The van der Waals surface area contributed by atoms with Crippen LogP contribution in [0, 0.1) is 10.1 Å². The summed E-state index contributed by atoms with van der Waals surface area (Å²) in [6.07, 6.45) is 4.51. The molecule has 1 aliphatic heterocycles. The largest absolute Gasteiger partial charge is 0.381 e. The third-order valence-corrected chi connectivity index (χ3v) is 4.06. The normalized spacial score (nSPS) is 24.8. The van der Waals surface area contributed by atoms with Crippen molar-refractivity contribution in [3.63, 3.8) is 0 Å². The Labute approximate surface area is 111 Å². The number of rotatable bonds is 2. The lowest BCUT2D eigenvalue weighted by atomic mass is 9.77. The molecule has 3 rings (SSSR count). The van der Waals surface area contributed by atoms with Crippen molar-refractivity contribution in [2.24, 2.45) is 5.16 Å². The summed E-state index contributed by atoms with van der Waals surface area (Å²) in [5, 5.41) is 15.6. The predicted molar refractivity (Wildman–Crippen MR) is 70.7 cm³/mol. The highest BCUT2D eigenvalue weighted by Crippen LogP contribution is 2.40. The fraction of sp³-hybridized carbons (Fsp3) is 0.500. The lowest BCUT2D eigenvalue weighted by Gasteiger charge is -2.31. The summed E-state index contributed by atoms with van der Waals surface area (Å²) in [6.45, 7) is 0. The van der Waals surface area contributed by atoms with Gasteiger partial charge >= 0.3 is 0 Å². The van der Waals surface area contributed by atoms with Gasteiger partial charge in [0, 0.05) is 10.5 Å². The molecule has 0 amide bonds. The third-order valence-electron chi connectivity index (χ3n) is 4.06. The minimum Gasteiger partial charge on any atom is -0.381 e. The van der Waals surface area contributed by atoms with Gasteiger partial charge in [-0.3, -0.25) is 10.1 Å². The lowest BCUT2D eigenvalue weighted by Crippen LogP contribution is -2.49. The van der Waals surface area contributed by atoms with Crippen molar-refractivity contribution in [2.75, 3.05) is 0 Å². The van der Waals surface area contributed by atoms with Crippen molar-refractivity contribution in [1.29, 1.82) is 0 Å². The summed E-state index contributed by atoms with van der Waals surface area (Å²) >= 11 is 0. The summed E-state index contributed by atoms with van der Waals surface area (Å²) in [6, 6.07) is 8.47. The maximum atomic E-state index is 11.5. The van der Waals surface area contributed by atoms with Crippen molar-refractivity contribution in [3.8, 4) is 0 Å². The third kappa shape index (κ3) is 1.99. The standard InChI is InChI=1S/C14H16N2O3/c17-16(18)13-12(11-7-3-1-4-8-11)15-19-14(13)9-5-2-6-10-14/h1,3-4,7-8,13H,2,5-6,9-10H2. The minimum absolute atomic E-state index is 0.232. The van der Waals surface area contributed by atoms with Crippen LogP contribution in [0.15, 0.2) is 35.5 Å². The Balaban J connectivity index is 1.96. The van der Waals surface area contributed by atoms with Crippen molar-refractivity contribution >= 4 is 5.71 Å². The molecule has 5 nitrogen and oxygen atoms in total. The van der Waals surface area contributed by atoms with E-state index in [2.05, 4.69) is 5.16 Å². The van der Waals surface area contributed by atoms with Crippen molar-refractivity contribution < 1.29 is 9.76 Å². The zero-order valence-corrected chi connectivity index (χ0v) is 10.6. The Morgan fingerprint density at radius 3 is 2.53 bits per heavy atom. The minimum atomic E-state index is -0.838. The van der Waals surface area contributed by atoms with Crippen LogP contribution in [-0.2, 0) is 4.84 Å². The molecule has 0 radical (unpaired) electrons. The van der Waals surface area contributed by atoms with Crippen molar-refractivity contribution in [3.05, 3.63) is 46.0 Å². The van der Waals surface area contributed by atoms with Crippen LogP contribution in [0.3, 0.4) is 0 Å². The van der Waals surface area contributed by atoms with E-state index in [1.165, 1.54) is 0 Å².